The number of carbonyl (C=O) groups is 4. The predicted octanol–water partition coefficient (Wildman–Crippen LogP) is 3.83. The molecule has 0 N–H and O–H groups in total. The summed E-state index contributed by atoms with van der Waals surface area (Å²) in [6.45, 7) is 6.24. The lowest BCUT2D eigenvalue weighted by molar-refractivity contribution is -0.130. The smallest absolute Gasteiger partial charge is 0.339 e. The minimum atomic E-state index is -0.416. The first kappa shape index (κ1) is 33.9. The fourth-order valence-electron chi connectivity index (χ4n) is 5.90. The van der Waals surface area contributed by atoms with Crippen LogP contribution in [0.5, 0.6) is 0 Å². The molecule has 2 aliphatic heterocycles. The van der Waals surface area contributed by atoms with Gasteiger partial charge in [-0.05, 0) is 49.9 Å². The number of piperidine rings is 2. The topological polar surface area (TPSA) is 155 Å². The number of ether oxygens (including phenoxy) is 2. The Morgan fingerprint density at radius 3 is 1.33 bits per heavy atom. The second kappa shape index (κ2) is 15.5. The van der Waals surface area contributed by atoms with Crippen LogP contribution in [0.2, 0.25) is 0 Å². The van der Waals surface area contributed by atoms with Crippen LogP contribution in [0.15, 0.2) is 61.4 Å². The Kier molecular flexibility index (Phi) is 10.9. The van der Waals surface area contributed by atoms with Gasteiger partial charge in [-0.15, -0.1) is 0 Å². The van der Waals surface area contributed by atoms with Crippen molar-refractivity contribution in [2.24, 2.45) is 0 Å². The van der Waals surface area contributed by atoms with Gasteiger partial charge in [-0.1, -0.05) is 0 Å². The number of carbonyl (C=O) groups excluding carboxylic acids is 4. The minimum absolute atomic E-state index is 0.125. The van der Waals surface area contributed by atoms with Gasteiger partial charge in [0.25, 0.3) is 0 Å². The zero-order chi connectivity index (χ0) is 34.2. The molecule has 0 saturated carbocycles. The van der Waals surface area contributed by atoms with Crippen LogP contribution in [0.1, 0.15) is 72.3 Å². The van der Waals surface area contributed by atoms with E-state index in [0.29, 0.717) is 11.1 Å². The highest BCUT2D eigenvalue weighted by Crippen LogP contribution is 2.26. The summed E-state index contributed by atoms with van der Waals surface area (Å²) in [5.41, 5.74) is 3.89. The summed E-state index contributed by atoms with van der Waals surface area (Å²) >= 11 is 0. The maximum Gasteiger partial charge on any atom is 0.339 e. The van der Waals surface area contributed by atoms with Gasteiger partial charge in [-0.25, -0.2) is 9.59 Å². The Hall–Kier alpha value is -5.40. The molecule has 6 heterocycles. The largest absolute Gasteiger partial charge is 0.465 e. The van der Waals surface area contributed by atoms with E-state index in [0.717, 1.165) is 74.4 Å². The first-order chi connectivity index (χ1) is 23.2. The number of pyridine rings is 2. The molecule has 0 aromatic carbocycles. The summed E-state index contributed by atoms with van der Waals surface area (Å²) in [5, 5.41) is 9.24. The lowest BCUT2D eigenvalue weighted by Gasteiger charge is -2.31. The van der Waals surface area contributed by atoms with Crippen molar-refractivity contribution >= 4 is 23.8 Å². The highest BCUT2D eigenvalue weighted by Gasteiger charge is 2.24. The SMILES string of the molecule is COC(=O)c1cncc(-c2ccn(C3CCN(C(C)=O)CC3)n2)c1.COC(=O)c1cncc(-c2ccn(C3CCN(C(C)=O)CC3)n2)c1. The number of amides is 2. The average Bonchev–Trinajstić information content (AvgIpc) is 3.83. The molecule has 0 atom stereocenters. The fraction of sp³-hybridized carbons (Fsp3) is 0.412. The Morgan fingerprint density at radius 1 is 0.625 bits per heavy atom. The van der Waals surface area contributed by atoms with Crippen LogP contribution in [-0.2, 0) is 19.1 Å². The van der Waals surface area contributed by atoms with Gasteiger partial charge in [-0.3, -0.25) is 28.9 Å². The number of esters is 2. The number of hydrogen-bond acceptors (Lipinski definition) is 10. The van der Waals surface area contributed by atoms with Crippen LogP contribution in [0.4, 0.5) is 0 Å². The molecule has 2 aliphatic rings. The monoisotopic (exact) mass is 656 g/mol. The van der Waals surface area contributed by atoms with Crippen LogP contribution < -0.4 is 0 Å². The molecule has 252 valence electrons. The van der Waals surface area contributed by atoms with E-state index in [1.165, 1.54) is 26.6 Å². The molecule has 48 heavy (non-hydrogen) atoms. The highest BCUT2D eigenvalue weighted by molar-refractivity contribution is 5.90. The van der Waals surface area contributed by atoms with E-state index in [1.54, 1.807) is 38.4 Å². The van der Waals surface area contributed by atoms with Crippen LogP contribution in [0, 0.1) is 0 Å². The first-order valence-corrected chi connectivity index (χ1v) is 15.9. The summed E-state index contributed by atoms with van der Waals surface area (Å²) < 4.78 is 13.3. The highest BCUT2D eigenvalue weighted by atomic mass is 16.5. The van der Waals surface area contributed by atoms with Gasteiger partial charge >= 0.3 is 11.9 Å². The number of methoxy groups -OCH3 is 2. The van der Waals surface area contributed by atoms with Gasteiger partial charge in [0, 0.05) is 88.3 Å². The zero-order valence-corrected chi connectivity index (χ0v) is 27.6. The molecule has 0 aliphatic carbocycles. The normalized spacial score (nSPS) is 15.3. The molecule has 14 heteroatoms. The predicted molar refractivity (Wildman–Crippen MR) is 175 cm³/mol. The average molecular weight is 657 g/mol. The van der Waals surface area contributed by atoms with Crippen molar-refractivity contribution in [2.45, 2.75) is 51.6 Å². The lowest BCUT2D eigenvalue weighted by atomic mass is 10.1. The van der Waals surface area contributed by atoms with Crippen LogP contribution >= 0.6 is 0 Å². The van der Waals surface area contributed by atoms with Crippen LogP contribution in [0.25, 0.3) is 22.5 Å². The fourth-order valence-corrected chi connectivity index (χ4v) is 5.90. The van der Waals surface area contributed by atoms with Crippen molar-refractivity contribution in [3.05, 3.63) is 72.6 Å². The number of nitrogens with zero attached hydrogens (tertiary/aromatic N) is 8. The molecule has 2 saturated heterocycles. The summed E-state index contributed by atoms with van der Waals surface area (Å²) in [4.78, 5) is 57.9. The van der Waals surface area contributed by atoms with Crippen molar-refractivity contribution < 1.29 is 28.7 Å². The number of aromatic nitrogens is 6. The summed E-state index contributed by atoms with van der Waals surface area (Å²) in [5.74, 6) is -0.582. The Balaban J connectivity index is 0.000000188. The van der Waals surface area contributed by atoms with E-state index >= 15 is 0 Å². The molecule has 6 rings (SSSR count). The Bertz CT molecular complexity index is 1620. The molecule has 4 aromatic heterocycles. The van der Waals surface area contributed by atoms with E-state index in [1.807, 2.05) is 43.7 Å². The van der Waals surface area contributed by atoms with E-state index in [2.05, 4.69) is 20.2 Å². The Morgan fingerprint density at radius 2 is 1.00 bits per heavy atom. The van der Waals surface area contributed by atoms with Gasteiger partial charge in [0.05, 0.1) is 48.8 Å². The van der Waals surface area contributed by atoms with Crippen LogP contribution in [0.3, 0.4) is 0 Å². The standard InChI is InChI=1S/2C17H20N4O3/c2*1-12(22)20-6-3-15(4-7-20)21-8-5-16(19-21)13-9-14(11-18-10-13)17(23)24-2/h2*5,8-11,15H,3-4,6-7H2,1-2H3. The van der Waals surface area contributed by atoms with Gasteiger partial charge in [0.15, 0.2) is 0 Å². The van der Waals surface area contributed by atoms with Gasteiger partial charge in [-0.2, -0.15) is 10.2 Å². The molecule has 4 aromatic rings. The van der Waals surface area contributed by atoms with Gasteiger partial charge in [0.2, 0.25) is 11.8 Å². The molecule has 0 spiro atoms. The lowest BCUT2D eigenvalue weighted by Crippen LogP contribution is -2.37. The summed E-state index contributed by atoms with van der Waals surface area (Å²) in [6, 6.07) is 7.84. The van der Waals surface area contributed by atoms with Crippen molar-refractivity contribution in [3.63, 3.8) is 0 Å². The van der Waals surface area contributed by atoms with Crippen molar-refractivity contribution in [3.8, 4) is 22.5 Å². The van der Waals surface area contributed by atoms with E-state index in [4.69, 9.17) is 9.47 Å². The number of hydrogen-bond donors (Lipinski definition) is 0. The third-order valence-corrected chi connectivity index (χ3v) is 8.69. The maximum atomic E-state index is 11.6. The molecule has 0 bridgehead atoms. The van der Waals surface area contributed by atoms with E-state index in [-0.39, 0.29) is 23.9 Å². The van der Waals surface area contributed by atoms with Crippen molar-refractivity contribution in [1.82, 2.24) is 39.3 Å². The molecule has 0 radical (unpaired) electrons. The summed E-state index contributed by atoms with van der Waals surface area (Å²) in [7, 11) is 2.69. The quantitative estimate of drug-likeness (QED) is 0.280. The molecular weight excluding hydrogens is 616 g/mol. The Labute approximate surface area is 278 Å². The minimum Gasteiger partial charge on any atom is -0.465 e. The number of likely N-dealkylation sites (tertiary alicyclic amines) is 2. The molecule has 2 amide bonds. The zero-order valence-electron chi connectivity index (χ0n) is 27.6. The van der Waals surface area contributed by atoms with Crippen LogP contribution in [-0.4, -0.2) is 103 Å². The summed E-state index contributed by atoms with van der Waals surface area (Å²) in [6.07, 6.45) is 13.7. The number of rotatable bonds is 6. The molecule has 0 unspecified atom stereocenters. The van der Waals surface area contributed by atoms with E-state index < -0.39 is 11.9 Å². The third-order valence-electron chi connectivity index (χ3n) is 8.69. The first-order valence-electron chi connectivity index (χ1n) is 15.9. The second-order valence-electron chi connectivity index (χ2n) is 11.7. The van der Waals surface area contributed by atoms with Gasteiger partial charge in [0.1, 0.15) is 0 Å². The van der Waals surface area contributed by atoms with E-state index in [9.17, 15) is 19.2 Å². The molecule has 14 nitrogen and oxygen atoms in total. The van der Waals surface area contributed by atoms with Crippen molar-refractivity contribution in [2.75, 3.05) is 40.4 Å². The third kappa shape index (κ3) is 8.11. The van der Waals surface area contributed by atoms with Gasteiger partial charge < -0.3 is 19.3 Å². The second-order valence-corrected chi connectivity index (χ2v) is 11.7. The van der Waals surface area contributed by atoms with Crippen molar-refractivity contribution in [1.29, 1.82) is 0 Å². The molecular formula is C34H40N8O6. The maximum absolute atomic E-state index is 11.6. The molecule has 2 fully saturated rings.